The van der Waals surface area contributed by atoms with Gasteiger partial charge in [-0.25, -0.2) is 9.79 Å². The lowest BCUT2D eigenvalue weighted by Crippen LogP contribution is -2.46. The van der Waals surface area contributed by atoms with Gasteiger partial charge in [0.05, 0.1) is 23.4 Å². The highest BCUT2D eigenvalue weighted by Crippen LogP contribution is 2.40. The van der Waals surface area contributed by atoms with Gasteiger partial charge in [-0.1, -0.05) is 56.8 Å². The van der Waals surface area contributed by atoms with Crippen LogP contribution in [-0.2, 0) is 19.7 Å². The summed E-state index contributed by atoms with van der Waals surface area (Å²) >= 11 is 1.56. The van der Waals surface area contributed by atoms with E-state index < -0.39 is 12.0 Å². The van der Waals surface area contributed by atoms with Crippen LogP contribution in [0, 0.1) is 0 Å². The monoisotopic (exact) mass is 400 g/mol. The Balaban J connectivity index is 2.10. The fraction of sp³-hybridized carbons (Fsp3) is 0.500. The van der Waals surface area contributed by atoms with Crippen molar-refractivity contribution in [1.29, 1.82) is 0 Å². The van der Waals surface area contributed by atoms with Crippen LogP contribution in [0.15, 0.2) is 40.5 Å². The summed E-state index contributed by atoms with van der Waals surface area (Å²) in [5, 5.41) is 0.666. The number of ether oxygens (including phenoxy) is 1. The number of thioether (sulfide) groups is 1. The Bertz CT molecular complexity index is 848. The maximum absolute atomic E-state index is 12.9. The molecule has 0 aromatic heterocycles. The van der Waals surface area contributed by atoms with Gasteiger partial charge in [0.2, 0.25) is 5.91 Å². The van der Waals surface area contributed by atoms with Crippen molar-refractivity contribution in [1.82, 2.24) is 4.90 Å². The second-order valence-electron chi connectivity index (χ2n) is 8.48. The molecule has 0 spiro atoms. The van der Waals surface area contributed by atoms with Gasteiger partial charge in [0, 0.05) is 12.2 Å². The first-order valence-corrected chi connectivity index (χ1v) is 10.6. The van der Waals surface area contributed by atoms with Gasteiger partial charge in [-0.15, -0.1) is 0 Å². The standard InChI is InChI=1S/C22H28N2O3S/c1-13(2)27-20(26)18-14(3)23-21-24(17(25)11-12-28-21)19(18)15-7-9-16(10-8-15)22(4,5)6/h7-10,13,19H,11-12H2,1-6H3. The molecular formula is C22H28N2O3S. The molecule has 2 aliphatic rings. The van der Waals surface area contributed by atoms with E-state index in [1.165, 1.54) is 5.56 Å². The first kappa shape index (κ1) is 20.6. The number of rotatable bonds is 3. The zero-order valence-electron chi connectivity index (χ0n) is 17.4. The van der Waals surface area contributed by atoms with Gasteiger partial charge in [0.25, 0.3) is 0 Å². The Morgan fingerprint density at radius 2 is 1.89 bits per heavy atom. The van der Waals surface area contributed by atoms with Crippen LogP contribution in [-0.4, -0.2) is 33.8 Å². The molecule has 0 N–H and O–H groups in total. The molecule has 3 rings (SSSR count). The number of hydrogen-bond donors (Lipinski definition) is 0. The number of amidine groups is 1. The lowest BCUT2D eigenvalue weighted by molar-refractivity contribution is -0.143. The van der Waals surface area contributed by atoms with Gasteiger partial charge in [-0.05, 0) is 37.3 Å². The molecule has 28 heavy (non-hydrogen) atoms. The molecule has 2 aliphatic heterocycles. The van der Waals surface area contributed by atoms with Crippen molar-refractivity contribution in [3.05, 3.63) is 46.7 Å². The number of fused-ring (bicyclic) bond motifs is 1. The van der Waals surface area contributed by atoms with Crippen LogP contribution >= 0.6 is 11.8 Å². The van der Waals surface area contributed by atoms with Crippen molar-refractivity contribution in [3.63, 3.8) is 0 Å². The Morgan fingerprint density at radius 1 is 1.25 bits per heavy atom. The summed E-state index contributed by atoms with van der Waals surface area (Å²) in [5.74, 6) is 0.288. The molecule has 0 radical (unpaired) electrons. The molecule has 6 heteroatoms. The zero-order valence-corrected chi connectivity index (χ0v) is 18.2. The number of benzene rings is 1. The average Bonchev–Trinajstić information content (AvgIpc) is 2.59. The maximum atomic E-state index is 12.9. The average molecular weight is 401 g/mol. The van der Waals surface area contributed by atoms with E-state index in [1.807, 2.05) is 32.9 Å². The number of carbonyl (C=O) groups excluding carboxylic acids is 2. The first-order chi connectivity index (χ1) is 13.1. The number of esters is 1. The normalized spacial score (nSPS) is 20.2. The molecule has 0 saturated carbocycles. The third-order valence-corrected chi connectivity index (χ3v) is 5.82. The quantitative estimate of drug-likeness (QED) is 0.697. The highest BCUT2D eigenvalue weighted by Gasteiger charge is 2.41. The molecule has 1 amide bonds. The molecule has 0 aliphatic carbocycles. The van der Waals surface area contributed by atoms with Crippen molar-refractivity contribution in [2.75, 3.05) is 5.75 Å². The summed E-state index contributed by atoms with van der Waals surface area (Å²) < 4.78 is 5.49. The minimum absolute atomic E-state index is 0.00950. The van der Waals surface area contributed by atoms with E-state index in [-0.39, 0.29) is 17.4 Å². The summed E-state index contributed by atoms with van der Waals surface area (Å²) in [4.78, 5) is 31.9. The van der Waals surface area contributed by atoms with Crippen molar-refractivity contribution in [2.24, 2.45) is 4.99 Å². The molecule has 1 aromatic carbocycles. The first-order valence-electron chi connectivity index (χ1n) is 9.65. The minimum Gasteiger partial charge on any atom is -0.459 e. The Labute approximate surface area is 171 Å². The SMILES string of the molecule is CC1=C(C(=O)OC(C)C)C(c2ccc(C(C)(C)C)cc2)N2C(=O)CCSC2=N1. The minimum atomic E-state index is -0.506. The van der Waals surface area contributed by atoms with Crippen molar-refractivity contribution in [2.45, 2.75) is 65.5 Å². The predicted octanol–water partition coefficient (Wildman–Crippen LogP) is 4.59. The molecule has 1 unspecified atom stereocenters. The van der Waals surface area contributed by atoms with Gasteiger partial charge in [-0.2, -0.15) is 0 Å². The smallest absolute Gasteiger partial charge is 0.338 e. The molecule has 1 aromatic rings. The lowest BCUT2D eigenvalue weighted by Gasteiger charge is -2.39. The molecule has 150 valence electrons. The largest absolute Gasteiger partial charge is 0.459 e. The molecule has 1 saturated heterocycles. The Kier molecular flexibility index (Phi) is 5.71. The molecule has 5 nitrogen and oxygen atoms in total. The second-order valence-corrected chi connectivity index (χ2v) is 9.55. The molecule has 2 heterocycles. The van der Waals surface area contributed by atoms with Crippen LogP contribution in [0.1, 0.15) is 65.1 Å². The van der Waals surface area contributed by atoms with E-state index in [0.29, 0.717) is 28.6 Å². The van der Waals surface area contributed by atoms with E-state index >= 15 is 0 Å². The number of hydrogen-bond acceptors (Lipinski definition) is 5. The summed E-state index contributed by atoms with van der Waals surface area (Å²) in [7, 11) is 0. The number of allylic oxidation sites excluding steroid dienone is 1. The third-order valence-electron chi connectivity index (χ3n) is 4.86. The topological polar surface area (TPSA) is 59.0 Å². The number of aliphatic imine (C=N–C) groups is 1. The number of carbonyl (C=O) groups is 2. The van der Waals surface area contributed by atoms with Gasteiger partial charge < -0.3 is 4.74 Å². The van der Waals surface area contributed by atoms with E-state index in [9.17, 15) is 9.59 Å². The molecule has 1 fully saturated rings. The van der Waals surface area contributed by atoms with E-state index in [4.69, 9.17) is 4.74 Å². The third kappa shape index (κ3) is 4.02. The van der Waals surface area contributed by atoms with Crippen molar-refractivity contribution < 1.29 is 14.3 Å². The van der Waals surface area contributed by atoms with Gasteiger partial charge in [0.15, 0.2) is 5.17 Å². The lowest BCUT2D eigenvalue weighted by atomic mass is 9.85. The van der Waals surface area contributed by atoms with Gasteiger partial charge in [-0.3, -0.25) is 9.69 Å². The fourth-order valence-corrected chi connectivity index (χ4v) is 4.42. The van der Waals surface area contributed by atoms with Gasteiger partial charge >= 0.3 is 5.97 Å². The van der Waals surface area contributed by atoms with Crippen molar-refractivity contribution in [3.8, 4) is 0 Å². The van der Waals surface area contributed by atoms with Crippen molar-refractivity contribution >= 4 is 28.8 Å². The Hall–Kier alpha value is -2.08. The summed E-state index contributed by atoms with van der Waals surface area (Å²) in [6.45, 7) is 11.9. The Morgan fingerprint density at radius 3 is 2.46 bits per heavy atom. The molecule has 0 bridgehead atoms. The number of amides is 1. The number of nitrogens with zero attached hydrogens (tertiary/aromatic N) is 2. The van der Waals surface area contributed by atoms with Crippen LogP contribution in [0.25, 0.3) is 0 Å². The van der Waals surface area contributed by atoms with E-state index in [0.717, 1.165) is 5.56 Å². The van der Waals surface area contributed by atoms with Crippen LogP contribution in [0.5, 0.6) is 0 Å². The molecular weight excluding hydrogens is 372 g/mol. The predicted molar refractivity (Wildman–Crippen MR) is 113 cm³/mol. The van der Waals surface area contributed by atoms with Crippen LogP contribution in [0.3, 0.4) is 0 Å². The van der Waals surface area contributed by atoms with E-state index in [1.54, 1.807) is 16.7 Å². The zero-order chi connectivity index (χ0) is 20.6. The summed E-state index contributed by atoms with van der Waals surface area (Å²) in [6, 6.07) is 7.66. The fourth-order valence-electron chi connectivity index (χ4n) is 3.42. The van der Waals surface area contributed by atoms with Crippen LogP contribution in [0.4, 0.5) is 0 Å². The van der Waals surface area contributed by atoms with Gasteiger partial charge in [0.1, 0.15) is 0 Å². The molecule has 1 atom stereocenters. The van der Waals surface area contributed by atoms with E-state index in [2.05, 4.69) is 37.9 Å². The maximum Gasteiger partial charge on any atom is 0.338 e. The van der Waals surface area contributed by atoms with Crippen LogP contribution in [0.2, 0.25) is 0 Å². The summed E-state index contributed by atoms with van der Waals surface area (Å²) in [5.41, 5.74) is 3.18. The van der Waals surface area contributed by atoms with Crippen LogP contribution < -0.4 is 0 Å². The summed E-state index contributed by atoms with van der Waals surface area (Å²) in [6.07, 6.45) is 0.194. The second kappa shape index (κ2) is 7.74. The highest BCUT2D eigenvalue weighted by molar-refractivity contribution is 8.14. The highest BCUT2D eigenvalue weighted by atomic mass is 32.2.